The van der Waals surface area contributed by atoms with Gasteiger partial charge in [-0.1, -0.05) is 0 Å². The Labute approximate surface area is 102 Å². The van der Waals surface area contributed by atoms with Gasteiger partial charge in [0.1, 0.15) is 5.82 Å². The number of piperidine rings is 1. The minimum Gasteiger partial charge on any atom is -0.396 e. The van der Waals surface area contributed by atoms with E-state index in [-0.39, 0.29) is 12.0 Å². The minimum absolute atomic E-state index is 0.0887. The molecule has 1 fully saturated rings. The third-order valence-corrected chi connectivity index (χ3v) is 3.68. The summed E-state index contributed by atoms with van der Waals surface area (Å²) in [5.74, 6) is 0.916. The number of rotatable bonds is 3. The number of aliphatic hydroxyl groups excluding tert-OH is 1. The maximum absolute atomic E-state index is 9.41. The molecule has 0 amide bonds. The first-order valence-corrected chi connectivity index (χ1v) is 6.04. The van der Waals surface area contributed by atoms with Crippen molar-refractivity contribution in [1.29, 1.82) is 0 Å². The van der Waals surface area contributed by atoms with Crippen LogP contribution in [-0.2, 0) is 0 Å². The molecule has 5 heteroatoms. The quantitative estimate of drug-likeness (QED) is 0.790. The highest BCUT2D eigenvalue weighted by Crippen LogP contribution is 2.31. The summed E-state index contributed by atoms with van der Waals surface area (Å²) in [5, 5.41) is 9.41. The van der Waals surface area contributed by atoms with Gasteiger partial charge in [-0.2, -0.15) is 0 Å². The Bertz CT molecular complexity index is 351. The van der Waals surface area contributed by atoms with Crippen LogP contribution in [0.1, 0.15) is 18.5 Å². The van der Waals surface area contributed by atoms with Gasteiger partial charge in [-0.15, -0.1) is 0 Å². The highest BCUT2D eigenvalue weighted by Gasteiger charge is 2.33. The van der Waals surface area contributed by atoms with Crippen molar-refractivity contribution >= 4 is 5.82 Å². The first-order chi connectivity index (χ1) is 8.19. The zero-order valence-electron chi connectivity index (χ0n) is 10.3. The van der Waals surface area contributed by atoms with Gasteiger partial charge in [0, 0.05) is 25.0 Å². The Hall–Kier alpha value is -1.20. The van der Waals surface area contributed by atoms with Crippen LogP contribution in [0.25, 0.3) is 0 Å². The third-order valence-electron chi connectivity index (χ3n) is 3.68. The molecular formula is C12H20N4O. The molecule has 2 heterocycles. The second-order valence-electron chi connectivity index (χ2n) is 4.87. The predicted molar refractivity (Wildman–Crippen MR) is 66.8 cm³/mol. The van der Waals surface area contributed by atoms with Gasteiger partial charge in [0.2, 0.25) is 0 Å². The summed E-state index contributed by atoms with van der Waals surface area (Å²) < 4.78 is 0. The lowest BCUT2D eigenvalue weighted by Gasteiger charge is -2.40. The fourth-order valence-electron chi connectivity index (χ4n) is 2.19. The number of hydrogen-bond donors (Lipinski definition) is 2. The monoisotopic (exact) mass is 236 g/mol. The molecule has 5 nitrogen and oxygen atoms in total. The Morgan fingerprint density at radius 3 is 2.53 bits per heavy atom. The SMILES string of the molecule is Cc1cnc(N2CCC(CN)(CO)CC2)cn1. The number of aliphatic hydroxyl groups is 1. The highest BCUT2D eigenvalue weighted by molar-refractivity contribution is 5.36. The van der Waals surface area contributed by atoms with Crippen molar-refractivity contribution in [2.75, 3.05) is 31.1 Å². The maximum Gasteiger partial charge on any atom is 0.147 e. The van der Waals surface area contributed by atoms with Crippen LogP contribution in [0, 0.1) is 12.3 Å². The molecule has 0 spiro atoms. The van der Waals surface area contributed by atoms with Gasteiger partial charge in [-0.25, -0.2) is 4.98 Å². The Kier molecular flexibility index (Phi) is 3.59. The number of nitrogens with zero attached hydrogens (tertiary/aromatic N) is 3. The lowest BCUT2D eigenvalue weighted by Crippen LogP contribution is -2.46. The fourth-order valence-corrected chi connectivity index (χ4v) is 2.19. The molecule has 0 aromatic carbocycles. The van der Waals surface area contributed by atoms with Gasteiger partial charge >= 0.3 is 0 Å². The number of anilines is 1. The van der Waals surface area contributed by atoms with E-state index in [0.29, 0.717) is 6.54 Å². The van der Waals surface area contributed by atoms with Crippen LogP contribution in [0.4, 0.5) is 5.82 Å². The Balaban J connectivity index is 2.01. The average molecular weight is 236 g/mol. The number of aromatic nitrogens is 2. The van der Waals surface area contributed by atoms with Crippen molar-refractivity contribution in [2.45, 2.75) is 19.8 Å². The Morgan fingerprint density at radius 2 is 2.06 bits per heavy atom. The first-order valence-electron chi connectivity index (χ1n) is 6.04. The molecule has 1 aromatic rings. The number of nitrogens with two attached hydrogens (primary N) is 1. The van der Waals surface area contributed by atoms with Crippen molar-refractivity contribution in [3.63, 3.8) is 0 Å². The zero-order valence-corrected chi connectivity index (χ0v) is 10.3. The van der Waals surface area contributed by atoms with Crippen molar-refractivity contribution in [1.82, 2.24) is 9.97 Å². The molecule has 1 aliphatic rings. The van der Waals surface area contributed by atoms with E-state index in [4.69, 9.17) is 5.73 Å². The first kappa shape index (κ1) is 12.3. The highest BCUT2D eigenvalue weighted by atomic mass is 16.3. The van der Waals surface area contributed by atoms with Gasteiger partial charge < -0.3 is 15.7 Å². The molecule has 2 rings (SSSR count). The molecule has 0 bridgehead atoms. The second kappa shape index (κ2) is 4.98. The van der Waals surface area contributed by atoms with Crippen LogP contribution in [0.15, 0.2) is 12.4 Å². The number of aryl methyl sites for hydroxylation is 1. The van der Waals surface area contributed by atoms with Crippen LogP contribution >= 0.6 is 0 Å². The van der Waals surface area contributed by atoms with Crippen LogP contribution in [0.3, 0.4) is 0 Å². The summed E-state index contributed by atoms with van der Waals surface area (Å²) >= 11 is 0. The largest absolute Gasteiger partial charge is 0.396 e. The molecule has 17 heavy (non-hydrogen) atoms. The molecule has 1 saturated heterocycles. The van der Waals surface area contributed by atoms with Gasteiger partial charge in [-0.05, 0) is 19.8 Å². The molecular weight excluding hydrogens is 216 g/mol. The van der Waals surface area contributed by atoms with E-state index < -0.39 is 0 Å². The van der Waals surface area contributed by atoms with E-state index in [1.807, 2.05) is 13.1 Å². The smallest absolute Gasteiger partial charge is 0.147 e. The van der Waals surface area contributed by atoms with Crippen LogP contribution in [0.5, 0.6) is 0 Å². The van der Waals surface area contributed by atoms with E-state index in [2.05, 4.69) is 14.9 Å². The summed E-state index contributed by atoms with van der Waals surface area (Å²) in [6, 6.07) is 0. The van der Waals surface area contributed by atoms with Crippen LogP contribution in [-0.4, -0.2) is 41.3 Å². The van der Waals surface area contributed by atoms with Gasteiger partial charge in [0.15, 0.2) is 0 Å². The summed E-state index contributed by atoms with van der Waals surface area (Å²) in [5.41, 5.74) is 6.59. The molecule has 0 aliphatic carbocycles. The normalized spacial score (nSPS) is 19.4. The zero-order chi connectivity index (χ0) is 12.3. The van der Waals surface area contributed by atoms with E-state index >= 15 is 0 Å². The molecule has 1 aromatic heterocycles. The summed E-state index contributed by atoms with van der Waals surface area (Å²) in [6.45, 7) is 4.43. The van der Waals surface area contributed by atoms with E-state index in [1.165, 1.54) is 0 Å². The van der Waals surface area contributed by atoms with Gasteiger partial charge in [0.05, 0.1) is 24.7 Å². The lowest BCUT2D eigenvalue weighted by molar-refractivity contribution is 0.104. The topological polar surface area (TPSA) is 75.3 Å². The van der Waals surface area contributed by atoms with Gasteiger partial charge in [0.25, 0.3) is 0 Å². The lowest BCUT2D eigenvalue weighted by atomic mass is 9.79. The van der Waals surface area contributed by atoms with Gasteiger partial charge in [-0.3, -0.25) is 4.98 Å². The average Bonchev–Trinajstić information content (AvgIpc) is 2.40. The molecule has 0 atom stereocenters. The van der Waals surface area contributed by atoms with E-state index in [1.54, 1.807) is 6.20 Å². The summed E-state index contributed by atoms with van der Waals surface area (Å²) in [4.78, 5) is 10.8. The number of hydrogen-bond acceptors (Lipinski definition) is 5. The third kappa shape index (κ3) is 2.56. The maximum atomic E-state index is 9.41. The molecule has 94 valence electrons. The molecule has 0 radical (unpaired) electrons. The summed E-state index contributed by atoms with van der Waals surface area (Å²) in [7, 11) is 0. The fraction of sp³-hybridized carbons (Fsp3) is 0.667. The van der Waals surface area contributed by atoms with Crippen molar-refractivity contribution < 1.29 is 5.11 Å². The van der Waals surface area contributed by atoms with Crippen molar-refractivity contribution in [3.05, 3.63) is 18.1 Å². The molecule has 3 N–H and O–H groups in total. The van der Waals surface area contributed by atoms with Crippen LogP contribution in [0.2, 0.25) is 0 Å². The molecule has 0 saturated carbocycles. The standard InChI is InChI=1S/C12H20N4O/c1-10-6-15-11(7-14-10)16-4-2-12(8-13,9-17)3-5-16/h6-7,17H,2-5,8-9,13H2,1H3. The molecule has 0 unspecified atom stereocenters. The van der Waals surface area contributed by atoms with Crippen molar-refractivity contribution in [3.8, 4) is 0 Å². The van der Waals surface area contributed by atoms with E-state index in [9.17, 15) is 5.11 Å². The Morgan fingerprint density at radius 1 is 1.35 bits per heavy atom. The minimum atomic E-state index is -0.0887. The second-order valence-corrected chi connectivity index (χ2v) is 4.87. The molecule has 1 aliphatic heterocycles. The summed E-state index contributed by atoms with van der Waals surface area (Å²) in [6.07, 6.45) is 5.42. The van der Waals surface area contributed by atoms with Crippen LogP contribution < -0.4 is 10.6 Å². The van der Waals surface area contributed by atoms with Crippen molar-refractivity contribution in [2.24, 2.45) is 11.1 Å². The predicted octanol–water partition coefficient (Wildman–Crippen LogP) is 0.323. The van der Waals surface area contributed by atoms with E-state index in [0.717, 1.165) is 37.4 Å².